The molecule has 0 radical (unpaired) electrons. The van der Waals surface area contributed by atoms with Crippen LogP contribution in [-0.4, -0.2) is 12.6 Å². The van der Waals surface area contributed by atoms with E-state index in [1.165, 1.54) is 0 Å². The highest BCUT2D eigenvalue weighted by atomic mass is 19.1. The van der Waals surface area contributed by atoms with Gasteiger partial charge in [0.05, 0.1) is 11.6 Å². The number of amides is 1. The fraction of sp³-hybridized carbons (Fsp3) is 0.0909. The minimum atomic E-state index is -1.06. The van der Waals surface area contributed by atoms with Crippen LogP contribution in [0.25, 0.3) is 11.1 Å². The van der Waals surface area contributed by atoms with Crippen molar-refractivity contribution in [2.24, 2.45) is 0 Å². The molecule has 27 heavy (non-hydrogen) atoms. The number of halogens is 1. The van der Waals surface area contributed by atoms with Crippen molar-refractivity contribution in [2.45, 2.75) is 6.54 Å². The maximum absolute atomic E-state index is 12.5. The van der Waals surface area contributed by atoms with E-state index in [1.807, 2.05) is 54.6 Å². The first-order valence-electron chi connectivity index (χ1n) is 8.48. The van der Waals surface area contributed by atoms with Gasteiger partial charge in [0, 0.05) is 23.5 Å². The highest BCUT2D eigenvalue weighted by molar-refractivity contribution is 5.96. The van der Waals surface area contributed by atoms with E-state index in [4.69, 9.17) is 0 Å². The lowest BCUT2D eigenvalue weighted by Gasteiger charge is -2.13. The molecule has 0 fully saturated rings. The zero-order chi connectivity index (χ0) is 19.1. The first kappa shape index (κ1) is 18.2. The summed E-state index contributed by atoms with van der Waals surface area (Å²) in [5, 5.41) is 15.1. The molecule has 0 saturated heterocycles. The smallest absolute Gasteiger partial charge is 0.255 e. The number of nitrogens with one attached hydrogen (secondary N) is 2. The molecular formula is C22H18FN3O. The Hall–Kier alpha value is -3.65. The summed E-state index contributed by atoms with van der Waals surface area (Å²) in [5.41, 5.74) is 4.70. The van der Waals surface area contributed by atoms with Crippen LogP contribution in [0.3, 0.4) is 0 Å². The predicted molar refractivity (Wildman–Crippen MR) is 105 cm³/mol. The van der Waals surface area contributed by atoms with Crippen LogP contribution in [0.1, 0.15) is 11.1 Å². The Bertz CT molecular complexity index is 995. The molecule has 0 unspecified atom stereocenters. The first-order valence-corrected chi connectivity index (χ1v) is 8.48. The number of rotatable bonds is 6. The van der Waals surface area contributed by atoms with Crippen LogP contribution in [0.15, 0.2) is 72.8 Å². The summed E-state index contributed by atoms with van der Waals surface area (Å²) in [7, 11) is 0. The molecule has 134 valence electrons. The zero-order valence-electron chi connectivity index (χ0n) is 14.6. The zero-order valence-corrected chi connectivity index (χ0v) is 14.6. The normalized spacial score (nSPS) is 10.1. The largest absolute Gasteiger partial charge is 0.381 e. The highest BCUT2D eigenvalue weighted by Crippen LogP contribution is 2.29. The van der Waals surface area contributed by atoms with E-state index in [9.17, 15) is 14.4 Å². The van der Waals surface area contributed by atoms with Crippen molar-refractivity contribution in [1.29, 1.82) is 5.26 Å². The van der Waals surface area contributed by atoms with E-state index in [-0.39, 0.29) is 0 Å². The molecule has 5 heteroatoms. The Labute approximate surface area is 157 Å². The Kier molecular flexibility index (Phi) is 5.80. The Morgan fingerprint density at radius 1 is 1.00 bits per heavy atom. The summed E-state index contributed by atoms with van der Waals surface area (Å²) in [6.45, 7) is -0.540. The summed E-state index contributed by atoms with van der Waals surface area (Å²) in [6, 6.07) is 24.6. The van der Waals surface area contributed by atoms with Crippen LogP contribution >= 0.6 is 0 Å². The SMILES string of the molecule is N#Cc1ccccc1CNc1cccc(-c2ccccc2NC(=O)CF)c1. The molecule has 3 aromatic rings. The van der Waals surface area contributed by atoms with Crippen molar-refractivity contribution in [2.75, 3.05) is 17.3 Å². The average molecular weight is 359 g/mol. The van der Waals surface area contributed by atoms with Crippen LogP contribution in [-0.2, 0) is 11.3 Å². The van der Waals surface area contributed by atoms with E-state index in [2.05, 4.69) is 16.7 Å². The van der Waals surface area contributed by atoms with Gasteiger partial charge in [0.15, 0.2) is 6.67 Å². The molecule has 3 rings (SSSR count). The van der Waals surface area contributed by atoms with Gasteiger partial charge in [-0.3, -0.25) is 4.79 Å². The molecule has 2 N–H and O–H groups in total. The number of alkyl halides is 1. The monoisotopic (exact) mass is 359 g/mol. The summed E-state index contributed by atoms with van der Waals surface area (Å²) in [6.07, 6.45) is 0. The maximum Gasteiger partial charge on any atom is 0.255 e. The van der Waals surface area contributed by atoms with E-state index in [0.717, 1.165) is 22.4 Å². The van der Waals surface area contributed by atoms with Gasteiger partial charge in [-0.05, 0) is 35.4 Å². The molecule has 0 aromatic heterocycles. The second-order valence-electron chi connectivity index (χ2n) is 5.93. The minimum absolute atomic E-state index is 0.521. The van der Waals surface area contributed by atoms with E-state index in [0.29, 0.717) is 17.8 Å². The summed E-state index contributed by atoms with van der Waals surface area (Å²) in [4.78, 5) is 11.4. The molecule has 0 atom stereocenters. The molecule has 0 spiro atoms. The summed E-state index contributed by atoms with van der Waals surface area (Å²) >= 11 is 0. The van der Waals surface area contributed by atoms with Crippen molar-refractivity contribution in [3.63, 3.8) is 0 Å². The van der Waals surface area contributed by atoms with Gasteiger partial charge in [-0.2, -0.15) is 5.26 Å². The average Bonchev–Trinajstić information content (AvgIpc) is 2.73. The number of nitrogens with zero attached hydrogens (tertiary/aromatic N) is 1. The van der Waals surface area contributed by atoms with Gasteiger partial charge in [-0.1, -0.05) is 48.5 Å². The maximum atomic E-state index is 12.5. The Morgan fingerprint density at radius 3 is 2.59 bits per heavy atom. The number of benzene rings is 3. The third-order valence-corrected chi connectivity index (χ3v) is 4.12. The molecule has 3 aromatic carbocycles. The van der Waals surface area contributed by atoms with Crippen molar-refractivity contribution in [1.82, 2.24) is 0 Å². The standard InChI is InChI=1S/C22H18FN3O/c23-13-22(27)26-21-11-4-3-10-20(21)16-8-5-9-19(12-16)25-15-18-7-2-1-6-17(18)14-24/h1-12,25H,13,15H2,(H,26,27). The summed E-state index contributed by atoms with van der Waals surface area (Å²) in [5.74, 6) is -0.676. The molecule has 0 bridgehead atoms. The van der Waals surface area contributed by atoms with Crippen molar-refractivity contribution >= 4 is 17.3 Å². The predicted octanol–water partition coefficient (Wildman–Crippen LogP) is 4.75. The number of anilines is 2. The minimum Gasteiger partial charge on any atom is -0.381 e. The quantitative estimate of drug-likeness (QED) is 0.668. The molecule has 0 aliphatic carbocycles. The Morgan fingerprint density at radius 2 is 1.78 bits per heavy atom. The van der Waals surface area contributed by atoms with Gasteiger partial charge in [-0.25, -0.2) is 4.39 Å². The van der Waals surface area contributed by atoms with Gasteiger partial charge in [0.1, 0.15) is 0 Å². The summed E-state index contributed by atoms with van der Waals surface area (Å²) < 4.78 is 12.5. The van der Waals surface area contributed by atoms with Crippen LogP contribution in [0.2, 0.25) is 0 Å². The molecule has 1 amide bonds. The molecular weight excluding hydrogens is 341 g/mol. The Balaban J connectivity index is 1.82. The van der Waals surface area contributed by atoms with Crippen molar-refractivity contribution < 1.29 is 9.18 Å². The lowest BCUT2D eigenvalue weighted by Crippen LogP contribution is -2.13. The van der Waals surface area contributed by atoms with Crippen LogP contribution in [0.5, 0.6) is 0 Å². The number of carbonyl (C=O) groups is 1. The topological polar surface area (TPSA) is 64.9 Å². The fourth-order valence-corrected chi connectivity index (χ4v) is 2.80. The fourth-order valence-electron chi connectivity index (χ4n) is 2.80. The third kappa shape index (κ3) is 4.50. The van der Waals surface area contributed by atoms with Gasteiger partial charge in [-0.15, -0.1) is 0 Å². The second-order valence-corrected chi connectivity index (χ2v) is 5.93. The molecule has 4 nitrogen and oxygen atoms in total. The second kappa shape index (κ2) is 8.63. The molecule has 0 aliphatic rings. The number of hydrogen-bond acceptors (Lipinski definition) is 3. The van der Waals surface area contributed by atoms with Crippen LogP contribution < -0.4 is 10.6 Å². The lowest BCUT2D eigenvalue weighted by molar-refractivity contribution is -0.117. The highest BCUT2D eigenvalue weighted by Gasteiger charge is 2.09. The number of hydrogen-bond donors (Lipinski definition) is 2. The van der Waals surface area contributed by atoms with E-state index < -0.39 is 12.6 Å². The van der Waals surface area contributed by atoms with Crippen LogP contribution in [0.4, 0.5) is 15.8 Å². The van der Waals surface area contributed by atoms with Gasteiger partial charge >= 0.3 is 0 Å². The van der Waals surface area contributed by atoms with Crippen molar-refractivity contribution in [3.8, 4) is 17.2 Å². The van der Waals surface area contributed by atoms with E-state index >= 15 is 0 Å². The van der Waals surface area contributed by atoms with Gasteiger partial charge < -0.3 is 10.6 Å². The first-order chi connectivity index (χ1) is 13.2. The van der Waals surface area contributed by atoms with E-state index in [1.54, 1.807) is 18.2 Å². The lowest BCUT2D eigenvalue weighted by atomic mass is 10.0. The molecule has 0 aliphatic heterocycles. The molecule has 0 heterocycles. The van der Waals surface area contributed by atoms with Crippen LogP contribution in [0, 0.1) is 11.3 Å². The number of para-hydroxylation sites is 1. The number of carbonyl (C=O) groups excluding carboxylic acids is 1. The van der Waals surface area contributed by atoms with Gasteiger partial charge in [0.2, 0.25) is 0 Å². The van der Waals surface area contributed by atoms with Gasteiger partial charge in [0.25, 0.3) is 5.91 Å². The molecule has 0 saturated carbocycles. The van der Waals surface area contributed by atoms with Crippen molar-refractivity contribution in [3.05, 3.63) is 83.9 Å². The third-order valence-electron chi connectivity index (χ3n) is 4.12. The number of nitriles is 1.